The van der Waals surface area contributed by atoms with Gasteiger partial charge in [0.15, 0.2) is 5.78 Å². The highest BCUT2D eigenvalue weighted by Crippen LogP contribution is 2.41. The summed E-state index contributed by atoms with van der Waals surface area (Å²) in [5, 5.41) is 2.30. The van der Waals surface area contributed by atoms with E-state index >= 15 is 0 Å². The van der Waals surface area contributed by atoms with Gasteiger partial charge in [-0.05, 0) is 46.9 Å². The summed E-state index contributed by atoms with van der Waals surface area (Å²) in [6.07, 6.45) is 0.593. The van der Waals surface area contributed by atoms with Crippen molar-refractivity contribution in [2.24, 2.45) is 5.73 Å². The second-order valence-electron chi connectivity index (χ2n) is 6.84. The molecular weight excluding hydrogens is 306 g/mol. The molecule has 1 unspecified atom stereocenters. The molecule has 1 atom stereocenters. The third-order valence-corrected chi connectivity index (χ3v) is 5.38. The number of carbonyl (C=O) groups is 1. The number of benzene rings is 3. The van der Waals surface area contributed by atoms with Crippen molar-refractivity contribution in [3.05, 3.63) is 88.6 Å². The van der Waals surface area contributed by atoms with Crippen molar-refractivity contribution in [1.29, 1.82) is 0 Å². The van der Waals surface area contributed by atoms with E-state index < -0.39 is 0 Å². The molecule has 0 spiro atoms. The summed E-state index contributed by atoms with van der Waals surface area (Å²) in [5.74, 6) is -0.0523. The van der Waals surface area contributed by atoms with Crippen LogP contribution in [0.3, 0.4) is 0 Å². The van der Waals surface area contributed by atoms with Crippen LogP contribution in [0.2, 0.25) is 0 Å². The Morgan fingerprint density at radius 1 is 0.920 bits per heavy atom. The summed E-state index contributed by atoms with van der Waals surface area (Å²) in [5.41, 5.74) is 12.1. The fraction of sp³-hybridized carbons (Fsp3) is 0.174. The van der Waals surface area contributed by atoms with Crippen LogP contribution in [0.15, 0.2) is 66.4 Å². The van der Waals surface area contributed by atoms with Crippen molar-refractivity contribution < 1.29 is 4.79 Å². The van der Waals surface area contributed by atoms with E-state index in [4.69, 9.17) is 5.73 Å². The highest BCUT2D eigenvalue weighted by molar-refractivity contribution is 6.27. The molecule has 0 aliphatic heterocycles. The van der Waals surface area contributed by atoms with Crippen LogP contribution in [0.25, 0.3) is 16.3 Å². The Labute approximate surface area is 148 Å². The fourth-order valence-electron chi connectivity index (χ4n) is 3.88. The normalized spacial score (nSPS) is 17.5. The topological polar surface area (TPSA) is 43.1 Å². The third kappa shape index (κ3) is 2.45. The zero-order chi connectivity index (χ0) is 17.6. The average Bonchev–Trinajstić information content (AvgIpc) is 2.91. The second-order valence-corrected chi connectivity index (χ2v) is 6.84. The lowest BCUT2D eigenvalue weighted by atomic mass is 9.88. The first kappa shape index (κ1) is 15.6. The summed E-state index contributed by atoms with van der Waals surface area (Å²) >= 11 is 0. The molecule has 0 aromatic heterocycles. The third-order valence-electron chi connectivity index (χ3n) is 5.38. The van der Waals surface area contributed by atoms with Crippen molar-refractivity contribution in [1.82, 2.24) is 0 Å². The molecule has 1 aliphatic rings. The van der Waals surface area contributed by atoms with Gasteiger partial charge in [-0.15, -0.1) is 0 Å². The predicted molar refractivity (Wildman–Crippen MR) is 103 cm³/mol. The quantitative estimate of drug-likeness (QED) is 0.729. The van der Waals surface area contributed by atoms with E-state index in [1.54, 1.807) is 0 Å². The molecule has 124 valence electrons. The Morgan fingerprint density at radius 3 is 2.48 bits per heavy atom. The van der Waals surface area contributed by atoms with Crippen LogP contribution in [0.4, 0.5) is 0 Å². The number of nitrogens with two attached hydrogens (primary N) is 1. The molecule has 0 fully saturated rings. The van der Waals surface area contributed by atoms with Gasteiger partial charge < -0.3 is 5.73 Å². The molecule has 2 heteroatoms. The SMILES string of the molecule is Cc1cccc(C2=C(N)CC(c3cccc4ccccc34)C2=O)c1C. The van der Waals surface area contributed by atoms with Crippen LogP contribution in [-0.4, -0.2) is 5.78 Å². The fourth-order valence-corrected chi connectivity index (χ4v) is 3.88. The summed E-state index contributed by atoms with van der Waals surface area (Å²) in [7, 11) is 0. The van der Waals surface area contributed by atoms with Gasteiger partial charge in [0.05, 0.1) is 5.92 Å². The van der Waals surface area contributed by atoms with Crippen molar-refractivity contribution in [2.75, 3.05) is 0 Å². The second kappa shape index (κ2) is 5.89. The van der Waals surface area contributed by atoms with Crippen LogP contribution in [0.5, 0.6) is 0 Å². The van der Waals surface area contributed by atoms with Crippen LogP contribution in [0.1, 0.15) is 34.6 Å². The Balaban J connectivity index is 1.81. The summed E-state index contributed by atoms with van der Waals surface area (Å²) in [4.78, 5) is 13.3. The van der Waals surface area contributed by atoms with E-state index in [-0.39, 0.29) is 11.7 Å². The minimum atomic E-state index is -0.194. The molecule has 0 saturated carbocycles. The zero-order valence-electron chi connectivity index (χ0n) is 14.5. The summed E-state index contributed by atoms with van der Waals surface area (Å²) in [6, 6.07) is 20.5. The highest BCUT2D eigenvalue weighted by atomic mass is 16.1. The minimum absolute atomic E-state index is 0.141. The number of Topliss-reactive ketones (excluding diaryl/α,β-unsaturated/α-hetero) is 1. The molecule has 3 aromatic rings. The number of carbonyl (C=O) groups excluding carboxylic acids is 1. The van der Waals surface area contributed by atoms with Crippen LogP contribution in [-0.2, 0) is 4.79 Å². The van der Waals surface area contributed by atoms with E-state index in [0.29, 0.717) is 17.7 Å². The molecule has 2 N–H and O–H groups in total. The lowest BCUT2D eigenvalue weighted by Crippen LogP contribution is -2.09. The first-order valence-corrected chi connectivity index (χ1v) is 8.65. The smallest absolute Gasteiger partial charge is 0.173 e. The van der Waals surface area contributed by atoms with Crippen LogP contribution in [0, 0.1) is 13.8 Å². The van der Waals surface area contributed by atoms with Gasteiger partial charge in [0.1, 0.15) is 0 Å². The van der Waals surface area contributed by atoms with E-state index in [1.807, 2.05) is 30.3 Å². The van der Waals surface area contributed by atoms with Gasteiger partial charge in [-0.3, -0.25) is 4.79 Å². The maximum absolute atomic E-state index is 13.3. The van der Waals surface area contributed by atoms with E-state index in [1.165, 1.54) is 5.56 Å². The van der Waals surface area contributed by atoms with Gasteiger partial charge >= 0.3 is 0 Å². The van der Waals surface area contributed by atoms with Crippen LogP contribution < -0.4 is 5.73 Å². The van der Waals surface area contributed by atoms with Crippen molar-refractivity contribution in [3.63, 3.8) is 0 Å². The van der Waals surface area contributed by atoms with Gasteiger partial charge in [0, 0.05) is 17.7 Å². The number of hydrogen-bond acceptors (Lipinski definition) is 2. The number of hydrogen-bond donors (Lipinski definition) is 1. The molecule has 0 bridgehead atoms. The van der Waals surface area contributed by atoms with E-state index in [2.05, 4.69) is 44.2 Å². The Morgan fingerprint density at radius 2 is 1.64 bits per heavy atom. The molecule has 3 aromatic carbocycles. The molecule has 0 amide bonds. The Kier molecular flexibility index (Phi) is 3.69. The van der Waals surface area contributed by atoms with Crippen molar-refractivity contribution in [2.45, 2.75) is 26.2 Å². The van der Waals surface area contributed by atoms with Crippen molar-refractivity contribution in [3.8, 4) is 0 Å². The highest BCUT2D eigenvalue weighted by Gasteiger charge is 2.35. The largest absolute Gasteiger partial charge is 0.401 e. The van der Waals surface area contributed by atoms with Gasteiger partial charge in [-0.2, -0.15) is 0 Å². The molecule has 2 nitrogen and oxygen atoms in total. The lowest BCUT2D eigenvalue weighted by molar-refractivity contribution is -0.114. The molecule has 4 rings (SSSR count). The Bertz CT molecular complexity index is 1020. The zero-order valence-corrected chi connectivity index (χ0v) is 14.5. The molecule has 0 saturated heterocycles. The standard InChI is InChI=1S/C23H21NO/c1-14-7-5-11-17(15(14)2)22-21(24)13-20(23(22)25)19-12-6-9-16-8-3-4-10-18(16)19/h3-12,20H,13,24H2,1-2H3. The van der Waals surface area contributed by atoms with Crippen LogP contribution >= 0.6 is 0 Å². The molecule has 0 heterocycles. The number of allylic oxidation sites excluding steroid dienone is 2. The number of aryl methyl sites for hydroxylation is 1. The first-order valence-electron chi connectivity index (χ1n) is 8.65. The van der Waals surface area contributed by atoms with E-state index in [0.717, 1.165) is 27.5 Å². The monoisotopic (exact) mass is 327 g/mol. The maximum atomic E-state index is 13.3. The lowest BCUT2D eigenvalue weighted by Gasteiger charge is -2.14. The predicted octanol–water partition coefficient (Wildman–Crippen LogP) is 4.88. The van der Waals surface area contributed by atoms with E-state index in [9.17, 15) is 4.79 Å². The van der Waals surface area contributed by atoms with Crippen molar-refractivity contribution >= 4 is 22.1 Å². The van der Waals surface area contributed by atoms with Gasteiger partial charge in [0.25, 0.3) is 0 Å². The first-order chi connectivity index (χ1) is 12.1. The molecule has 1 aliphatic carbocycles. The molecule has 25 heavy (non-hydrogen) atoms. The minimum Gasteiger partial charge on any atom is -0.401 e. The number of rotatable bonds is 2. The maximum Gasteiger partial charge on any atom is 0.173 e. The summed E-state index contributed by atoms with van der Waals surface area (Å²) < 4.78 is 0. The molecule has 0 radical (unpaired) electrons. The molecular formula is C23H21NO. The average molecular weight is 327 g/mol. The number of ketones is 1. The van der Waals surface area contributed by atoms with Gasteiger partial charge in [0.2, 0.25) is 0 Å². The summed E-state index contributed by atoms with van der Waals surface area (Å²) in [6.45, 7) is 4.13. The van der Waals surface area contributed by atoms with Gasteiger partial charge in [-0.25, -0.2) is 0 Å². The van der Waals surface area contributed by atoms with Gasteiger partial charge in [-0.1, -0.05) is 60.7 Å². The Hall–Kier alpha value is -2.87. The number of fused-ring (bicyclic) bond motifs is 1.